The van der Waals surface area contributed by atoms with Crippen molar-refractivity contribution in [3.8, 4) is 5.75 Å². The maximum absolute atomic E-state index is 12.0. The first kappa shape index (κ1) is 12.2. The standard InChI is InChI=1S/C14H14N2O2S/c1-18-10-6-4-9(5-7-10)16-13(12(15)14(16)17)11-3-2-8-19-11/h2-8,12-13H,15H2,1H3. The van der Waals surface area contributed by atoms with Crippen LogP contribution in [0.3, 0.4) is 0 Å². The summed E-state index contributed by atoms with van der Waals surface area (Å²) >= 11 is 1.62. The van der Waals surface area contributed by atoms with Gasteiger partial charge in [-0.2, -0.15) is 0 Å². The van der Waals surface area contributed by atoms with E-state index in [0.29, 0.717) is 0 Å². The van der Waals surface area contributed by atoms with Gasteiger partial charge in [0, 0.05) is 10.6 Å². The fourth-order valence-electron chi connectivity index (χ4n) is 2.31. The molecule has 1 aromatic heterocycles. The lowest BCUT2D eigenvalue weighted by Crippen LogP contribution is -2.63. The summed E-state index contributed by atoms with van der Waals surface area (Å²) in [6.45, 7) is 0. The minimum Gasteiger partial charge on any atom is -0.497 e. The van der Waals surface area contributed by atoms with Crippen LogP contribution >= 0.6 is 11.3 Å². The molecule has 2 atom stereocenters. The van der Waals surface area contributed by atoms with Crippen LogP contribution in [0.2, 0.25) is 0 Å². The second-order valence-electron chi connectivity index (χ2n) is 4.39. The van der Waals surface area contributed by atoms with E-state index in [1.54, 1.807) is 23.3 Å². The molecule has 1 amide bonds. The highest BCUT2D eigenvalue weighted by Gasteiger charge is 2.47. The number of ether oxygens (including phenoxy) is 1. The van der Waals surface area contributed by atoms with Crippen LogP contribution in [0.15, 0.2) is 41.8 Å². The first-order valence-corrected chi connectivity index (χ1v) is 6.86. The van der Waals surface area contributed by atoms with Crippen LogP contribution in [0.4, 0.5) is 5.69 Å². The Kier molecular flexibility index (Phi) is 3.00. The van der Waals surface area contributed by atoms with E-state index in [0.717, 1.165) is 16.3 Å². The molecule has 1 fully saturated rings. The van der Waals surface area contributed by atoms with Crippen LogP contribution < -0.4 is 15.4 Å². The number of rotatable bonds is 3. The van der Waals surface area contributed by atoms with Crippen molar-refractivity contribution in [3.63, 3.8) is 0 Å². The van der Waals surface area contributed by atoms with E-state index in [4.69, 9.17) is 10.5 Å². The van der Waals surface area contributed by atoms with Crippen molar-refractivity contribution in [3.05, 3.63) is 46.7 Å². The minimum absolute atomic E-state index is 0.0384. The number of β-lactam (4-membered cyclic amide) rings is 1. The van der Waals surface area contributed by atoms with Crippen LogP contribution in [0.5, 0.6) is 5.75 Å². The number of hydrogen-bond acceptors (Lipinski definition) is 4. The predicted octanol–water partition coefficient (Wildman–Crippen LogP) is 2.17. The third kappa shape index (κ3) is 1.91. The molecule has 2 aromatic rings. The van der Waals surface area contributed by atoms with Gasteiger partial charge in [-0.15, -0.1) is 11.3 Å². The first-order chi connectivity index (χ1) is 9.22. The lowest BCUT2D eigenvalue weighted by atomic mass is 9.93. The molecule has 0 radical (unpaired) electrons. The van der Waals surface area contributed by atoms with Crippen LogP contribution in [0.1, 0.15) is 10.9 Å². The van der Waals surface area contributed by atoms with E-state index < -0.39 is 6.04 Å². The summed E-state index contributed by atoms with van der Waals surface area (Å²) in [5, 5.41) is 2.00. The molecular weight excluding hydrogens is 260 g/mol. The Balaban J connectivity index is 1.91. The van der Waals surface area contributed by atoms with Crippen molar-refractivity contribution in [1.29, 1.82) is 0 Å². The number of carbonyl (C=O) groups excluding carboxylic acids is 1. The Labute approximate surface area is 115 Å². The third-order valence-electron chi connectivity index (χ3n) is 3.33. The highest BCUT2D eigenvalue weighted by atomic mass is 32.1. The Morgan fingerprint density at radius 3 is 2.58 bits per heavy atom. The van der Waals surface area contributed by atoms with E-state index in [1.807, 2.05) is 41.8 Å². The van der Waals surface area contributed by atoms with Gasteiger partial charge >= 0.3 is 0 Å². The quantitative estimate of drug-likeness (QED) is 0.873. The Morgan fingerprint density at radius 2 is 2.00 bits per heavy atom. The first-order valence-electron chi connectivity index (χ1n) is 5.98. The maximum Gasteiger partial charge on any atom is 0.247 e. The van der Waals surface area contributed by atoms with E-state index in [1.165, 1.54) is 0 Å². The zero-order chi connectivity index (χ0) is 13.4. The van der Waals surface area contributed by atoms with Crippen LogP contribution in [-0.2, 0) is 4.79 Å². The topological polar surface area (TPSA) is 55.6 Å². The average molecular weight is 274 g/mol. The summed E-state index contributed by atoms with van der Waals surface area (Å²) < 4.78 is 5.12. The number of hydrogen-bond donors (Lipinski definition) is 1. The third-order valence-corrected chi connectivity index (χ3v) is 4.27. The molecule has 1 saturated heterocycles. The molecule has 98 valence electrons. The Bertz CT molecular complexity index is 580. The number of carbonyl (C=O) groups is 1. The summed E-state index contributed by atoms with van der Waals surface area (Å²) in [6.07, 6.45) is 0. The van der Waals surface area contributed by atoms with Gasteiger partial charge in [0.05, 0.1) is 13.2 Å². The van der Waals surface area contributed by atoms with Gasteiger partial charge in [0.15, 0.2) is 0 Å². The van der Waals surface area contributed by atoms with Crippen molar-refractivity contribution >= 4 is 22.9 Å². The molecule has 19 heavy (non-hydrogen) atoms. The molecule has 0 aliphatic carbocycles. The summed E-state index contributed by atoms with van der Waals surface area (Å²) in [7, 11) is 1.62. The molecule has 3 rings (SSSR count). The average Bonchev–Trinajstić information content (AvgIpc) is 2.97. The van der Waals surface area contributed by atoms with Crippen LogP contribution in [0, 0.1) is 0 Å². The molecular formula is C14H14N2O2S. The van der Waals surface area contributed by atoms with Crippen molar-refractivity contribution in [2.24, 2.45) is 5.73 Å². The van der Waals surface area contributed by atoms with Crippen LogP contribution in [0.25, 0.3) is 0 Å². The second kappa shape index (κ2) is 4.68. The normalized spacial score (nSPS) is 22.2. The van der Waals surface area contributed by atoms with Gasteiger partial charge in [-0.05, 0) is 35.7 Å². The number of nitrogens with two attached hydrogens (primary N) is 1. The van der Waals surface area contributed by atoms with E-state index >= 15 is 0 Å². The molecule has 1 aliphatic rings. The van der Waals surface area contributed by atoms with Gasteiger partial charge in [-0.25, -0.2) is 0 Å². The molecule has 4 nitrogen and oxygen atoms in total. The zero-order valence-electron chi connectivity index (χ0n) is 10.4. The minimum atomic E-state index is -0.444. The van der Waals surface area contributed by atoms with E-state index in [2.05, 4.69) is 0 Å². The molecule has 1 aromatic carbocycles. The fourth-order valence-corrected chi connectivity index (χ4v) is 3.17. The Morgan fingerprint density at radius 1 is 1.26 bits per heavy atom. The highest BCUT2D eigenvalue weighted by Crippen LogP contribution is 2.40. The number of benzene rings is 1. The zero-order valence-corrected chi connectivity index (χ0v) is 11.3. The summed E-state index contributed by atoms with van der Waals surface area (Å²) in [5.74, 6) is 0.734. The lowest BCUT2D eigenvalue weighted by Gasteiger charge is -2.44. The molecule has 0 spiro atoms. The number of amides is 1. The Hall–Kier alpha value is -1.85. The van der Waals surface area contributed by atoms with Crippen LogP contribution in [-0.4, -0.2) is 19.1 Å². The van der Waals surface area contributed by atoms with Crippen molar-refractivity contribution in [2.45, 2.75) is 12.1 Å². The summed E-state index contributed by atoms with van der Waals surface area (Å²) in [4.78, 5) is 14.9. The molecule has 2 N–H and O–H groups in total. The molecule has 0 saturated carbocycles. The van der Waals surface area contributed by atoms with E-state index in [9.17, 15) is 4.79 Å². The maximum atomic E-state index is 12.0. The van der Waals surface area contributed by atoms with Gasteiger partial charge < -0.3 is 15.4 Å². The van der Waals surface area contributed by atoms with Crippen molar-refractivity contribution in [1.82, 2.24) is 0 Å². The number of thiophene rings is 1. The number of nitrogens with zero attached hydrogens (tertiary/aromatic N) is 1. The smallest absolute Gasteiger partial charge is 0.247 e. The summed E-state index contributed by atoms with van der Waals surface area (Å²) in [6, 6.07) is 10.9. The molecule has 0 bridgehead atoms. The van der Waals surface area contributed by atoms with Gasteiger partial charge in [0.2, 0.25) is 5.91 Å². The summed E-state index contributed by atoms with van der Waals surface area (Å²) in [5.41, 5.74) is 6.78. The fraction of sp³-hybridized carbons (Fsp3) is 0.214. The monoisotopic (exact) mass is 274 g/mol. The van der Waals surface area contributed by atoms with Gasteiger partial charge in [0.1, 0.15) is 11.8 Å². The lowest BCUT2D eigenvalue weighted by molar-refractivity contribution is -0.126. The van der Waals surface area contributed by atoms with Gasteiger partial charge in [0.25, 0.3) is 0 Å². The molecule has 2 unspecified atom stereocenters. The van der Waals surface area contributed by atoms with E-state index in [-0.39, 0.29) is 11.9 Å². The highest BCUT2D eigenvalue weighted by molar-refractivity contribution is 7.10. The number of anilines is 1. The van der Waals surface area contributed by atoms with Crippen molar-refractivity contribution in [2.75, 3.05) is 12.0 Å². The number of methoxy groups -OCH3 is 1. The van der Waals surface area contributed by atoms with Gasteiger partial charge in [-0.3, -0.25) is 4.79 Å². The van der Waals surface area contributed by atoms with Gasteiger partial charge in [-0.1, -0.05) is 6.07 Å². The largest absolute Gasteiger partial charge is 0.497 e. The molecule has 1 aliphatic heterocycles. The van der Waals surface area contributed by atoms with Crippen molar-refractivity contribution < 1.29 is 9.53 Å². The molecule has 5 heteroatoms. The second-order valence-corrected chi connectivity index (χ2v) is 5.37. The predicted molar refractivity (Wildman–Crippen MR) is 75.5 cm³/mol. The molecule has 2 heterocycles. The SMILES string of the molecule is COc1ccc(N2C(=O)C(N)C2c2cccs2)cc1.